The van der Waals surface area contributed by atoms with E-state index < -0.39 is 36.6 Å². The Kier molecular flexibility index (Phi) is 3.62. The van der Waals surface area contributed by atoms with Crippen molar-refractivity contribution in [1.29, 1.82) is 0 Å². The molecule has 0 amide bonds. The summed E-state index contributed by atoms with van der Waals surface area (Å²) in [5.41, 5.74) is -0.222. The Bertz CT molecular complexity index is 1180. The first kappa shape index (κ1) is 12.8. The molecule has 3 aromatic rings. The summed E-state index contributed by atoms with van der Waals surface area (Å²) < 4.78 is 55.2. The highest BCUT2D eigenvalue weighted by Gasteiger charge is 2.26. The van der Waals surface area contributed by atoms with Gasteiger partial charge >= 0.3 is 0 Å². The number of aryl methyl sites for hydroxylation is 1. The average Bonchev–Trinajstić information content (AvgIpc) is 3.02. The summed E-state index contributed by atoms with van der Waals surface area (Å²) in [6.45, 7) is -2.75. The highest BCUT2D eigenvalue weighted by atomic mass is 35.5. The number of imidazole rings is 1. The van der Waals surface area contributed by atoms with Gasteiger partial charge in [-0.2, -0.15) is 0 Å². The van der Waals surface area contributed by atoms with E-state index in [4.69, 9.17) is 23.6 Å². The maximum atomic E-state index is 14.6. The molecule has 0 saturated heterocycles. The molecule has 0 radical (unpaired) electrons. The van der Waals surface area contributed by atoms with Crippen LogP contribution in [0.25, 0.3) is 5.69 Å². The number of hydrogen-bond acceptors (Lipinski definition) is 4. The third-order valence-corrected chi connectivity index (χ3v) is 3.95. The van der Waals surface area contributed by atoms with Gasteiger partial charge in [0.15, 0.2) is 6.20 Å². The Balaban J connectivity index is 0.00000132. The molecule has 2 heterocycles. The summed E-state index contributed by atoms with van der Waals surface area (Å²) in [5, 5.41) is 18.0. The molecule has 7 heteroatoms. The number of aliphatic imine (C=N–C) groups is 1. The minimum atomic E-state index is -2.79. The number of aliphatic hydroxyl groups is 2. The van der Waals surface area contributed by atoms with Gasteiger partial charge in [0.25, 0.3) is 0 Å². The van der Waals surface area contributed by atoms with Gasteiger partial charge in [0, 0.05) is 27.4 Å². The zero-order valence-electron chi connectivity index (χ0n) is 18.5. The van der Waals surface area contributed by atoms with E-state index in [1.807, 2.05) is 0 Å². The van der Waals surface area contributed by atoms with Gasteiger partial charge in [-0.25, -0.2) is 14.4 Å². The second kappa shape index (κ2) is 7.37. The molecular weight excluding hydrogens is 357 g/mol. The van der Waals surface area contributed by atoms with Crippen LogP contribution in [0.1, 0.15) is 35.7 Å². The molecule has 0 bridgehead atoms. The van der Waals surface area contributed by atoms with Gasteiger partial charge in [0.2, 0.25) is 0 Å². The summed E-state index contributed by atoms with van der Waals surface area (Å²) in [4.78, 5) is 7.74. The monoisotopic (exact) mass is 378 g/mol. The molecule has 1 aromatic heterocycles. The molecule has 1 aliphatic rings. The van der Waals surface area contributed by atoms with Gasteiger partial charge in [-0.05, 0) is 37.2 Å². The molecular formula is C19H17ClFN3O2. The van der Waals surface area contributed by atoms with Crippen LogP contribution >= 0.6 is 11.6 Å². The molecule has 1 atom stereocenters. The minimum Gasteiger partial charge on any atom is -0.400 e. The van der Waals surface area contributed by atoms with Crippen molar-refractivity contribution < 1.29 is 21.5 Å². The zero-order chi connectivity index (χ0) is 23.1. The Morgan fingerprint density at radius 3 is 2.77 bits per heavy atom. The summed E-state index contributed by atoms with van der Waals surface area (Å²) >= 11 is 6.12. The van der Waals surface area contributed by atoms with Crippen molar-refractivity contribution in [3.8, 4) is 5.69 Å². The molecule has 0 aliphatic carbocycles. The lowest BCUT2D eigenvalue weighted by atomic mass is 10.00. The Labute approximate surface area is 162 Å². The molecule has 4 rings (SSSR count). The van der Waals surface area contributed by atoms with Crippen LogP contribution in [0.3, 0.4) is 0 Å². The maximum Gasteiger partial charge on any atom is 0.189 e. The minimum absolute atomic E-state index is 0.0117. The maximum absolute atomic E-state index is 14.6. The first-order valence-corrected chi connectivity index (χ1v) is 7.81. The first-order chi connectivity index (χ1) is 14.5. The molecule has 0 spiro atoms. The fourth-order valence-electron chi connectivity index (χ4n) is 2.67. The molecule has 26 heavy (non-hydrogen) atoms. The molecule has 5 nitrogen and oxygen atoms in total. The normalized spacial score (nSPS) is 21.3. The average molecular weight is 379 g/mol. The number of nitrogens with zero attached hydrogens (tertiary/aromatic N) is 3. The van der Waals surface area contributed by atoms with Crippen molar-refractivity contribution in [3.05, 3.63) is 82.1 Å². The Morgan fingerprint density at radius 2 is 2.04 bits per heavy atom. The number of fused-ring (bicyclic) bond motifs is 3. The fraction of sp³-hybridized carbons (Fsp3) is 0.158. The molecule has 1 aliphatic heterocycles. The number of hydrogen-bond donors (Lipinski definition) is 2. The SMILES string of the molecule is CO.[2H]c1nc(C([2H])([2H])[2H])n2c1C([2H])(O)N=C(c1ccccc1F)c1cc(Cl)ccc1-2. The lowest BCUT2D eigenvalue weighted by molar-refractivity contribution is 0.182. The third-order valence-electron chi connectivity index (χ3n) is 3.72. The quantitative estimate of drug-likeness (QED) is 0.681. The van der Waals surface area contributed by atoms with E-state index >= 15 is 0 Å². The molecule has 0 fully saturated rings. The van der Waals surface area contributed by atoms with Crippen molar-refractivity contribution in [2.75, 3.05) is 7.11 Å². The fourth-order valence-corrected chi connectivity index (χ4v) is 2.84. The largest absolute Gasteiger partial charge is 0.400 e. The molecule has 134 valence electrons. The summed E-state index contributed by atoms with van der Waals surface area (Å²) in [7, 11) is 1.00. The van der Waals surface area contributed by atoms with Crippen LogP contribution in [-0.2, 0) is 0 Å². The molecule has 0 saturated carbocycles. The smallest absolute Gasteiger partial charge is 0.189 e. The van der Waals surface area contributed by atoms with E-state index in [1.54, 1.807) is 6.07 Å². The highest BCUT2D eigenvalue weighted by molar-refractivity contribution is 6.31. The van der Waals surface area contributed by atoms with Crippen molar-refractivity contribution in [1.82, 2.24) is 9.55 Å². The van der Waals surface area contributed by atoms with Gasteiger partial charge in [0.05, 0.1) is 26.0 Å². The zero-order valence-corrected chi connectivity index (χ0v) is 14.3. The third kappa shape index (κ3) is 3.03. The van der Waals surface area contributed by atoms with E-state index in [9.17, 15) is 9.50 Å². The van der Waals surface area contributed by atoms with Crippen molar-refractivity contribution in [3.63, 3.8) is 0 Å². The predicted molar refractivity (Wildman–Crippen MR) is 98.5 cm³/mol. The van der Waals surface area contributed by atoms with Crippen molar-refractivity contribution in [2.45, 2.75) is 13.1 Å². The number of benzene rings is 2. The van der Waals surface area contributed by atoms with Crippen LogP contribution in [0.5, 0.6) is 0 Å². The van der Waals surface area contributed by atoms with Gasteiger partial charge in [0.1, 0.15) is 11.6 Å². The molecule has 2 N–H and O–H groups in total. The topological polar surface area (TPSA) is 70.6 Å². The predicted octanol–water partition coefficient (Wildman–Crippen LogP) is 3.42. The van der Waals surface area contributed by atoms with Crippen LogP contribution in [0.15, 0.2) is 53.6 Å². The lowest BCUT2D eigenvalue weighted by Gasteiger charge is -2.13. The number of rotatable bonds is 1. The van der Waals surface area contributed by atoms with Crippen LogP contribution < -0.4 is 0 Å². The number of aliphatic hydroxyl groups excluding tert-OH is 1. The van der Waals surface area contributed by atoms with Crippen molar-refractivity contribution in [2.24, 2.45) is 4.99 Å². The summed E-state index contributed by atoms with van der Waals surface area (Å²) in [6, 6.07) is 10.0. The van der Waals surface area contributed by atoms with E-state index in [2.05, 4.69) is 9.98 Å². The lowest BCUT2D eigenvalue weighted by Crippen LogP contribution is -2.09. The first-order valence-electron chi connectivity index (χ1n) is 9.93. The Hall–Kier alpha value is -2.54. The number of aromatic nitrogens is 2. The standard InChI is InChI=1S/C18H13ClFN3O.CH4O/c1-10-21-9-16-18(24)22-17(12-4-2-3-5-14(12)20)13-8-11(19)6-7-15(13)23(10)16;1-2/h2-9,18,24H,1H3;2H,1H3/i1D3,9D,18D;. The molecule has 1 unspecified atom stereocenters. The van der Waals surface area contributed by atoms with Crippen LogP contribution in [0, 0.1) is 12.7 Å². The summed E-state index contributed by atoms with van der Waals surface area (Å²) in [5.74, 6) is -1.17. The van der Waals surface area contributed by atoms with Gasteiger partial charge in [-0.15, -0.1) is 0 Å². The van der Waals surface area contributed by atoms with E-state index in [1.165, 1.54) is 36.4 Å². The van der Waals surface area contributed by atoms with E-state index in [-0.39, 0.29) is 27.5 Å². The highest BCUT2D eigenvalue weighted by Crippen LogP contribution is 2.32. The van der Waals surface area contributed by atoms with Crippen LogP contribution in [0.4, 0.5) is 4.39 Å². The second-order valence-electron chi connectivity index (χ2n) is 5.16. The van der Waals surface area contributed by atoms with Crippen LogP contribution in [-0.4, -0.2) is 32.6 Å². The van der Waals surface area contributed by atoms with E-state index in [0.29, 0.717) is 0 Å². The van der Waals surface area contributed by atoms with Gasteiger partial charge < -0.3 is 10.2 Å². The van der Waals surface area contributed by atoms with Gasteiger partial charge in [-0.1, -0.05) is 23.7 Å². The second-order valence-corrected chi connectivity index (χ2v) is 5.59. The summed E-state index contributed by atoms with van der Waals surface area (Å²) in [6.07, 6.45) is -3.41. The number of halogens is 2. The van der Waals surface area contributed by atoms with Crippen molar-refractivity contribution >= 4 is 17.3 Å². The van der Waals surface area contributed by atoms with Crippen LogP contribution in [0.2, 0.25) is 5.02 Å². The molecule has 2 aromatic carbocycles. The Morgan fingerprint density at radius 1 is 1.27 bits per heavy atom. The van der Waals surface area contributed by atoms with E-state index in [0.717, 1.165) is 11.7 Å². The van der Waals surface area contributed by atoms with Gasteiger partial charge in [-0.3, -0.25) is 4.57 Å².